The number of hydrazone groups is 1. The predicted molar refractivity (Wildman–Crippen MR) is 132 cm³/mol. The van der Waals surface area contributed by atoms with Gasteiger partial charge in [0.15, 0.2) is 0 Å². The Morgan fingerprint density at radius 2 is 1.71 bits per heavy atom. The van der Waals surface area contributed by atoms with Crippen LogP contribution in [-0.4, -0.2) is 35.4 Å². The molecule has 8 nitrogen and oxygen atoms in total. The van der Waals surface area contributed by atoms with E-state index < -0.39 is 11.9 Å². The predicted octanol–water partition coefficient (Wildman–Crippen LogP) is 4.51. The zero-order valence-electron chi connectivity index (χ0n) is 19.3. The molecule has 8 heteroatoms. The third-order valence-electron chi connectivity index (χ3n) is 5.21. The van der Waals surface area contributed by atoms with Crippen molar-refractivity contribution >= 4 is 18.1 Å². The van der Waals surface area contributed by atoms with Gasteiger partial charge in [-0.05, 0) is 60.5 Å². The number of benzene rings is 3. The molecule has 3 aromatic carbocycles. The Balaban J connectivity index is 1.31. The van der Waals surface area contributed by atoms with Crippen molar-refractivity contribution in [2.75, 3.05) is 7.11 Å². The first kappa shape index (κ1) is 23.4. The lowest BCUT2D eigenvalue weighted by molar-refractivity contribution is 0.0600. The Kier molecular flexibility index (Phi) is 7.32. The van der Waals surface area contributed by atoms with Crippen LogP contribution in [-0.2, 0) is 11.3 Å². The summed E-state index contributed by atoms with van der Waals surface area (Å²) in [5.41, 5.74) is 7.66. The number of aromatic amines is 1. The first-order valence-corrected chi connectivity index (χ1v) is 10.9. The number of nitrogens with zero attached hydrogens (tertiary/aromatic N) is 2. The maximum atomic E-state index is 12.4. The zero-order chi connectivity index (χ0) is 24.6. The smallest absolute Gasteiger partial charge is 0.337 e. The molecule has 0 unspecified atom stereocenters. The molecule has 176 valence electrons. The van der Waals surface area contributed by atoms with Gasteiger partial charge in [-0.3, -0.25) is 9.89 Å². The number of H-pyrrole nitrogens is 1. The minimum atomic E-state index is -0.427. The molecule has 0 aliphatic rings. The molecule has 4 aromatic rings. The summed E-state index contributed by atoms with van der Waals surface area (Å²) in [6.45, 7) is 2.54. The van der Waals surface area contributed by atoms with Crippen LogP contribution in [0.15, 0.2) is 84.0 Å². The highest BCUT2D eigenvalue weighted by molar-refractivity contribution is 5.94. The van der Waals surface area contributed by atoms with Gasteiger partial charge in [0, 0.05) is 5.56 Å². The molecule has 0 saturated heterocycles. The molecule has 35 heavy (non-hydrogen) atoms. The van der Waals surface area contributed by atoms with E-state index in [0.717, 1.165) is 16.9 Å². The summed E-state index contributed by atoms with van der Waals surface area (Å²) in [6.07, 6.45) is 1.48. The molecule has 0 fully saturated rings. The Morgan fingerprint density at radius 1 is 1.00 bits per heavy atom. The van der Waals surface area contributed by atoms with Gasteiger partial charge in [-0.1, -0.05) is 42.0 Å². The molecular weight excluding hydrogens is 444 g/mol. The Labute approximate surface area is 202 Å². The fourth-order valence-electron chi connectivity index (χ4n) is 3.21. The highest BCUT2D eigenvalue weighted by Crippen LogP contribution is 2.22. The summed E-state index contributed by atoms with van der Waals surface area (Å²) in [4.78, 5) is 23.8. The van der Waals surface area contributed by atoms with Crippen molar-refractivity contribution in [3.8, 4) is 17.0 Å². The van der Waals surface area contributed by atoms with Crippen molar-refractivity contribution in [1.82, 2.24) is 15.6 Å². The quantitative estimate of drug-likeness (QED) is 0.225. The summed E-state index contributed by atoms with van der Waals surface area (Å²) < 4.78 is 10.5. The largest absolute Gasteiger partial charge is 0.489 e. The number of esters is 1. The fourth-order valence-corrected chi connectivity index (χ4v) is 3.21. The summed E-state index contributed by atoms with van der Waals surface area (Å²) >= 11 is 0. The van der Waals surface area contributed by atoms with Crippen LogP contribution in [0.25, 0.3) is 11.3 Å². The van der Waals surface area contributed by atoms with E-state index in [1.807, 2.05) is 36.4 Å². The fraction of sp³-hybridized carbons (Fsp3) is 0.111. The van der Waals surface area contributed by atoms with Crippen LogP contribution in [0.3, 0.4) is 0 Å². The maximum Gasteiger partial charge on any atom is 0.337 e. The number of methoxy groups -OCH3 is 1. The monoisotopic (exact) mass is 468 g/mol. The molecule has 2 N–H and O–H groups in total. The lowest BCUT2D eigenvalue weighted by atomic mass is 10.1. The molecule has 0 atom stereocenters. The van der Waals surface area contributed by atoms with Crippen molar-refractivity contribution in [3.63, 3.8) is 0 Å². The number of carbonyl (C=O) groups is 2. The van der Waals surface area contributed by atoms with Crippen LogP contribution in [0.5, 0.6) is 5.75 Å². The van der Waals surface area contributed by atoms with Crippen LogP contribution >= 0.6 is 0 Å². The topological polar surface area (TPSA) is 106 Å². The first-order valence-electron chi connectivity index (χ1n) is 10.9. The molecule has 0 aliphatic heterocycles. The summed E-state index contributed by atoms with van der Waals surface area (Å²) in [5, 5.41) is 10.9. The van der Waals surface area contributed by atoms with Crippen LogP contribution in [0.1, 0.15) is 37.5 Å². The van der Waals surface area contributed by atoms with Gasteiger partial charge in [-0.15, -0.1) is 0 Å². The number of aromatic nitrogens is 2. The Hall–Kier alpha value is -4.72. The highest BCUT2D eigenvalue weighted by Gasteiger charge is 2.11. The van der Waals surface area contributed by atoms with E-state index in [0.29, 0.717) is 23.4 Å². The average Bonchev–Trinajstić information content (AvgIpc) is 3.39. The van der Waals surface area contributed by atoms with E-state index in [4.69, 9.17) is 4.74 Å². The third kappa shape index (κ3) is 6.20. The number of ether oxygens (including phenoxy) is 2. The molecule has 1 heterocycles. The first-order chi connectivity index (χ1) is 17.0. The van der Waals surface area contributed by atoms with Gasteiger partial charge in [0.05, 0.1) is 24.6 Å². The molecule has 0 radical (unpaired) electrons. The number of rotatable bonds is 8. The minimum absolute atomic E-state index is 0.276. The maximum absolute atomic E-state index is 12.4. The zero-order valence-corrected chi connectivity index (χ0v) is 19.3. The molecular formula is C27H24N4O4. The molecule has 0 spiro atoms. The molecule has 4 rings (SSSR count). The molecule has 0 saturated carbocycles. The standard InChI is InChI=1S/C27H24N4O4/c1-18-3-5-20(6-4-18)17-35-23-13-11-21(12-14-23)24-15-25(30-29-24)26(32)31-28-16-19-7-9-22(10-8-19)27(33)34-2/h3-16H,17H2,1-2H3,(H,29,30)(H,31,32)/b28-16+. The minimum Gasteiger partial charge on any atom is -0.489 e. The van der Waals surface area contributed by atoms with E-state index in [1.54, 1.807) is 30.3 Å². The number of hydrogen-bond donors (Lipinski definition) is 2. The second-order valence-corrected chi connectivity index (χ2v) is 7.78. The van der Waals surface area contributed by atoms with Gasteiger partial charge in [-0.25, -0.2) is 10.2 Å². The van der Waals surface area contributed by atoms with Crippen molar-refractivity contribution in [3.05, 3.63) is 107 Å². The summed E-state index contributed by atoms with van der Waals surface area (Å²) in [5.74, 6) is -0.0951. The number of carbonyl (C=O) groups excluding carboxylic acids is 2. The van der Waals surface area contributed by atoms with Crippen LogP contribution in [0.4, 0.5) is 0 Å². The normalized spacial score (nSPS) is 10.8. The van der Waals surface area contributed by atoms with E-state index >= 15 is 0 Å². The second kappa shape index (κ2) is 10.9. The van der Waals surface area contributed by atoms with E-state index in [1.165, 1.54) is 18.9 Å². The number of nitrogens with one attached hydrogen (secondary N) is 2. The van der Waals surface area contributed by atoms with Gasteiger partial charge >= 0.3 is 5.97 Å². The van der Waals surface area contributed by atoms with Crippen molar-refractivity contribution in [2.45, 2.75) is 13.5 Å². The van der Waals surface area contributed by atoms with Crippen LogP contribution in [0, 0.1) is 6.92 Å². The highest BCUT2D eigenvalue weighted by atomic mass is 16.5. The molecule has 0 bridgehead atoms. The summed E-state index contributed by atoms with van der Waals surface area (Å²) in [7, 11) is 1.32. The van der Waals surface area contributed by atoms with E-state index in [-0.39, 0.29) is 5.69 Å². The van der Waals surface area contributed by atoms with Crippen LogP contribution in [0.2, 0.25) is 0 Å². The lowest BCUT2D eigenvalue weighted by Crippen LogP contribution is -2.18. The number of hydrogen-bond acceptors (Lipinski definition) is 6. The van der Waals surface area contributed by atoms with Gasteiger partial charge in [0.1, 0.15) is 18.1 Å². The molecule has 0 aliphatic carbocycles. The average molecular weight is 469 g/mol. The molecule has 1 amide bonds. The van der Waals surface area contributed by atoms with Gasteiger partial charge in [0.2, 0.25) is 0 Å². The summed E-state index contributed by atoms with van der Waals surface area (Å²) in [6, 6.07) is 24.0. The number of amides is 1. The second-order valence-electron chi connectivity index (χ2n) is 7.78. The van der Waals surface area contributed by atoms with Crippen molar-refractivity contribution < 1.29 is 19.1 Å². The Bertz CT molecular complexity index is 1330. The van der Waals surface area contributed by atoms with E-state index in [2.05, 4.69) is 44.5 Å². The number of aryl methyl sites for hydroxylation is 1. The van der Waals surface area contributed by atoms with E-state index in [9.17, 15) is 9.59 Å². The third-order valence-corrected chi connectivity index (χ3v) is 5.21. The van der Waals surface area contributed by atoms with Crippen molar-refractivity contribution in [2.24, 2.45) is 5.10 Å². The molecule has 1 aromatic heterocycles. The van der Waals surface area contributed by atoms with Gasteiger partial charge in [0.25, 0.3) is 5.91 Å². The van der Waals surface area contributed by atoms with Crippen molar-refractivity contribution in [1.29, 1.82) is 0 Å². The Morgan fingerprint density at radius 3 is 2.40 bits per heavy atom. The van der Waals surface area contributed by atoms with Gasteiger partial charge < -0.3 is 9.47 Å². The van der Waals surface area contributed by atoms with Crippen LogP contribution < -0.4 is 10.2 Å². The SMILES string of the molecule is COC(=O)c1ccc(/C=N/NC(=O)c2cc(-c3ccc(OCc4ccc(C)cc4)cc3)n[nH]2)cc1. The van der Waals surface area contributed by atoms with Gasteiger partial charge in [-0.2, -0.15) is 10.2 Å². The lowest BCUT2D eigenvalue weighted by Gasteiger charge is -2.07.